The number of ether oxygens (including phenoxy) is 4. The number of amides is 1. The molecule has 1 heterocycles. The van der Waals surface area contributed by atoms with Gasteiger partial charge in [0.2, 0.25) is 11.8 Å². The van der Waals surface area contributed by atoms with Crippen molar-refractivity contribution < 1.29 is 28.5 Å². The largest absolute Gasteiger partial charge is 0.481 e. The van der Waals surface area contributed by atoms with E-state index >= 15 is 0 Å². The van der Waals surface area contributed by atoms with Gasteiger partial charge in [0.25, 0.3) is 5.91 Å². The molecule has 1 aromatic rings. The minimum atomic E-state index is -0.827. The summed E-state index contributed by atoms with van der Waals surface area (Å²) < 4.78 is 20.6. The van der Waals surface area contributed by atoms with E-state index in [0.29, 0.717) is 12.0 Å². The van der Waals surface area contributed by atoms with Crippen LogP contribution in [0.15, 0.2) is 17.4 Å². The highest BCUT2D eigenvalue weighted by Crippen LogP contribution is 2.21. The van der Waals surface area contributed by atoms with E-state index in [1.165, 1.54) is 27.2 Å². The summed E-state index contributed by atoms with van der Waals surface area (Å²) in [6.45, 7) is 7.05. The van der Waals surface area contributed by atoms with Crippen LogP contribution in [0.25, 0.3) is 0 Å². The molecule has 144 valence electrons. The van der Waals surface area contributed by atoms with Crippen LogP contribution in [0.5, 0.6) is 17.8 Å². The van der Waals surface area contributed by atoms with Gasteiger partial charge in [0.15, 0.2) is 5.76 Å². The molecule has 9 nitrogen and oxygen atoms in total. The van der Waals surface area contributed by atoms with Gasteiger partial charge in [-0.15, -0.1) is 0 Å². The fraction of sp³-hybridized carbons (Fsp3) is 0.529. The minimum absolute atomic E-state index is 0.000968. The Labute approximate surface area is 152 Å². The van der Waals surface area contributed by atoms with E-state index in [1.54, 1.807) is 13.8 Å². The molecule has 0 bridgehead atoms. The van der Waals surface area contributed by atoms with Crippen molar-refractivity contribution in [3.63, 3.8) is 0 Å². The summed E-state index contributed by atoms with van der Waals surface area (Å²) in [5.74, 6) is -0.663. The third kappa shape index (κ3) is 5.91. The van der Waals surface area contributed by atoms with Gasteiger partial charge in [0.05, 0.1) is 26.9 Å². The Morgan fingerprint density at radius 3 is 2.19 bits per heavy atom. The SMILES string of the molecule is CCOC(=O)[C@H](C)NC(=O)C(Oc1nc(OC)cc(OC)n1)=C(C)CC. The molecule has 26 heavy (non-hydrogen) atoms. The number of hydrogen-bond donors (Lipinski definition) is 1. The second kappa shape index (κ2) is 10.2. The number of esters is 1. The second-order valence-electron chi connectivity index (χ2n) is 5.25. The third-order valence-electron chi connectivity index (χ3n) is 3.38. The lowest BCUT2D eigenvalue weighted by Crippen LogP contribution is -2.41. The lowest BCUT2D eigenvalue weighted by atomic mass is 10.2. The molecule has 0 fully saturated rings. The summed E-state index contributed by atoms with van der Waals surface area (Å²) in [5.41, 5.74) is 0.656. The summed E-state index contributed by atoms with van der Waals surface area (Å²) in [5, 5.41) is 2.54. The van der Waals surface area contributed by atoms with Gasteiger partial charge in [0.1, 0.15) is 6.04 Å². The molecule has 0 unspecified atom stereocenters. The molecule has 1 atom stereocenters. The highest BCUT2D eigenvalue weighted by atomic mass is 16.5. The molecule has 1 amide bonds. The zero-order valence-corrected chi connectivity index (χ0v) is 15.9. The minimum Gasteiger partial charge on any atom is -0.481 e. The zero-order valence-electron chi connectivity index (χ0n) is 15.9. The molecule has 0 aliphatic heterocycles. The van der Waals surface area contributed by atoms with Gasteiger partial charge in [-0.3, -0.25) is 4.79 Å². The van der Waals surface area contributed by atoms with Crippen LogP contribution < -0.4 is 19.5 Å². The van der Waals surface area contributed by atoms with Gasteiger partial charge >= 0.3 is 12.0 Å². The van der Waals surface area contributed by atoms with Crippen LogP contribution in [-0.2, 0) is 14.3 Å². The first-order valence-electron chi connectivity index (χ1n) is 8.18. The standard InChI is InChI=1S/C17H25N3O6/c1-7-10(3)14(15(21)18-11(4)16(22)25-8-2)26-17-19-12(23-5)9-13(20-17)24-6/h9,11H,7-8H2,1-6H3,(H,18,21)/t11-/m0/s1. The number of nitrogens with zero attached hydrogens (tertiary/aromatic N) is 2. The molecule has 1 aromatic heterocycles. The van der Waals surface area contributed by atoms with Gasteiger partial charge < -0.3 is 24.3 Å². The van der Waals surface area contributed by atoms with Gasteiger partial charge in [-0.05, 0) is 32.8 Å². The van der Waals surface area contributed by atoms with Crippen molar-refractivity contribution in [2.24, 2.45) is 0 Å². The lowest BCUT2D eigenvalue weighted by Gasteiger charge is -2.16. The molecule has 0 saturated carbocycles. The van der Waals surface area contributed by atoms with Crippen LogP contribution in [0.1, 0.15) is 34.1 Å². The van der Waals surface area contributed by atoms with E-state index in [-0.39, 0.29) is 30.1 Å². The fourth-order valence-electron chi connectivity index (χ4n) is 1.81. The van der Waals surface area contributed by atoms with Crippen molar-refractivity contribution in [2.45, 2.75) is 40.2 Å². The first-order chi connectivity index (χ1) is 12.4. The Morgan fingerprint density at radius 2 is 1.73 bits per heavy atom. The van der Waals surface area contributed by atoms with Crippen LogP contribution >= 0.6 is 0 Å². The third-order valence-corrected chi connectivity index (χ3v) is 3.38. The monoisotopic (exact) mass is 367 g/mol. The highest BCUT2D eigenvalue weighted by Gasteiger charge is 2.23. The number of allylic oxidation sites excluding steroid dienone is 1. The van der Waals surface area contributed by atoms with Crippen molar-refractivity contribution in [1.82, 2.24) is 15.3 Å². The van der Waals surface area contributed by atoms with Gasteiger partial charge in [-0.1, -0.05) is 6.92 Å². The van der Waals surface area contributed by atoms with Crippen molar-refractivity contribution in [1.29, 1.82) is 0 Å². The van der Waals surface area contributed by atoms with Crippen molar-refractivity contribution >= 4 is 11.9 Å². The molecule has 1 N–H and O–H groups in total. The molecule has 0 aromatic carbocycles. The predicted molar refractivity (Wildman–Crippen MR) is 93.0 cm³/mol. The van der Waals surface area contributed by atoms with E-state index in [0.717, 1.165) is 0 Å². The quantitative estimate of drug-likeness (QED) is 0.398. The predicted octanol–water partition coefficient (Wildman–Crippen LogP) is 1.62. The van der Waals surface area contributed by atoms with Gasteiger partial charge in [-0.2, -0.15) is 9.97 Å². The number of hydrogen-bond acceptors (Lipinski definition) is 8. The van der Waals surface area contributed by atoms with E-state index < -0.39 is 17.9 Å². The Balaban J connectivity index is 3.06. The molecule has 1 rings (SSSR count). The lowest BCUT2D eigenvalue weighted by molar-refractivity contribution is -0.146. The zero-order chi connectivity index (χ0) is 19.7. The van der Waals surface area contributed by atoms with Crippen molar-refractivity contribution in [2.75, 3.05) is 20.8 Å². The molecule has 0 aliphatic carbocycles. The maximum Gasteiger partial charge on any atom is 0.328 e. The van der Waals surface area contributed by atoms with Crippen LogP contribution in [0.3, 0.4) is 0 Å². The normalized spacial score (nSPS) is 12.5. The average Bonchev–Trinajstić information content (AvgIpc) is 2.64. The van der Waals surface area contributed by atoms with E-state index in [4.69, 9.17) is 18.9 Å². The average molecular weight is 367 g/mol. The number of nitrogens with one attached hydrogen (secondary N) is 1. The number of methoxy groups -OCH3 is 2. The molecule has 9 heteroatoms. The maximum atomic E-state index is 12.6. The van der Waals surface area contributed by atoms with Crippen LogP contribution in [0, 0.1) is 0 Å². The van der Waals surface area contributed by atoms with E-state index in [9.17, 15) is 9.59 Å². The van der Waals surface area contributed by atoms with Gasteiger partial charge in [0, 0.05) is 0 Å². The molecule has 0 aliphatic rings. The number of carbonyl (C=O) groups is 2. The topological polar surface area (TPSA) is 109 Å². The first kappa shape index (κ1) is 21.2. The smallest absolute Gasteiger partial charge is 0.328 e. The van der Waals surface area contributed by atoms with Gasteiger partial charge in [-0.25, -0.2) is 4.79 Å². The molecule has 0 saturated heterocycles. The molecular weight excluding hydrogens is 342 g/mol. The first-order valence-corrected chi connectivity index (χ1v) is 8.18. The maximum absolute atomic E-state index is 12.6. The molecule has 0 spiro atoms. The summed E-state index contributed by atoms with van der Waals surface area (Å²) >= 11 is 0. The highest BCUT2D eigenvalue weighted by molar-refractivity contribution is 5.95. The second-order valence-corrected chi connectivity index (χ2v) is 5.25. The number of carbonyl (C=O) groups excluding carboxylic acids is 2. The summed E-state index contributed by atoms with van der Waals surface area (Å²) in [4.78, 5) is 32.4. The van der Waals surface area contributed by atoms with Crippen molar-refractivity contribution in [3.8, 4) is 17.8 Å². The summed E-state index contributed by atoms with van der Waals surface area (Å²) in [6, 6.07) is 0.542. The van der Waals surface area contributed by atoms with Crippen LogP contribution in [0.2, 0.25) is 0 Å². The Kier molecular flexibility index (Phi) is 8.33. The summed E-state index contributed by atoms with van der Waals surface area (Å²) in [7, 11) is 2.88. The molecule has 0 radical (unpaired) electrons. The number of rotatable bonds is 9. The Morgan fingerprint density at radius 1 is 1.15 bits per heavy atom. The van der Waals surface area contributed by atoms with Crippen LogP contribution in [-0.4, -0.2) is 48.7 Å². The van der Waals surface area contributed by atoms with E-state index in [2.05, 4.69) is 15.3 Å². The van der Waals surface area contributed by atoms with Crippen LogP contribution in [0.4, 0.5) is 0 Å². The Hall–Kier alpha value is -2.84. The van der Waals surface area contributed by atoms with E-state index in [1.807, 2.05) is 6.92 Å². The summed E-state index contributed by atoms with van der Waals surface area (Å²) in [6.07, 6.45) is 0.553. The number of aromatic nitrogens is 2. The molecular formula is C17H25N3O6. The fourth-order valence-corrected chi connectivity index (χ4v) is 1.81. The van der Waals surface area contributed by atoms with Crippen molar-refractivity contribution in [3.05, 3.63) is 17.4 Å². The Bertz CT molecular complexity index is 652.